The van der Waals surface area contributed by atoms with Crippen molar-refractivity contribution in [3.63, 3.8) is 0 Å². The summed E-state index contributed by atoms with van der Waals surface area (Å²) in [4.78, 5) is 41.5. The van der Waals surface area contributed by atoms with Crippen LogP contribution in [-0.4, -0.2) is 74.0 Å². The summed E-state index contributed by atoms with van der Waals surface area (Å²) in [6, 6.07) is 6.94. The second kappa shape index (κ2) is 9.17. The Balaban J connectivity index is 1.47. The highest BCUT2D eigenvalue weighted by atomic mass is 32.2. The maximum Gasteiger partial charge on any atom is 0.244 e. The van der Waals surface area contributed by atoms with Crippen molar-refractivity contribution in [3.8, 4) is 0 Å². The van der Waals surface area contributed by atoms with E-state index in [9.17, 15) is 22.8 Å². The number of nitrogens with one attached hydrogen (secondary N) is 1. The summed E-state index contributed by atoms with van der Waals surface area (Å²) >= 11 is 1.71. The van der Waals surface area contributed by atoms with Crippen LogP contribution in [0.2, 0.25) is 0 Å². The molecule has 29 heavy (non-hydrogen) atoms. The first-order chi connectivity index (χ1) is 13.8. The number of amides is 3. The number of anilines is 1. The van der Waals surface area contributed by atoms with Crippen LogP contribution in [0.25, 0.3) is 0 Å². The van der Waals surface area contributed by atoms with Crippen molar-refractivity contribution in [1.29, 1.82) is 0 Å². The fourth-order valence-electron chi connectivity index (χ4n) is 3.37. The third-order valence-corrected chi connectivity index (χ3v) is 7.65. The van der Waals surface area contributed by atoms with E-state index in [0.29, 0.717) is 6.54 Å². The molecular formula is C19H25N3O5S2. The Hall–Kier alpha value is -2.07. The molecule has 1 unspecified atom stereocenters. The molecule has 8 nitrogen and oxygen atoms in total. The van der Waals surface area contributed by atoms with Crippen molar-refractivity contribution < 1.29 is 22.8 Å². The number of para-hydroxylation sites is 1. The number of fused-ring (bicyclic) bond motifs is 1. The van der Waals surface area contributed by atoms with E-state index in [4.69, 9.17) is 0 Å². The highest BCUT2D eigenvalue weighted by Gasteiger charge is 2.29. The molecule has 0 aliphatic carbocycles. The smallest absolute Gasteiger partial charge is 0.244 e. The van der Waals surface area contributed by atoms with Gasteiger partial charge in [-0.3, -0.25) is 14.4 Å². The van der Waals surface area contributed by atoms with Gasteiger partial charge in [-0.2, -0.15) is 0 Å². The lowest BCUT2D eigenvalue weighted by Crippen LogP contribution is -2.51. The Morgan fingerprint density at radius 2 is 1.79 bits per heavy atom. The third kappa shape index (κ3) is 5.51. The Kier molecular flexibility index (Phi) is 6.84. The van der Waals surface area contributed by atoms with Gasteiger partial charge < -0.3 is 15.1 Å². The average molecular weight is 440 g/mol. The van der Waals surface area contributed by atoms with Gasteiger partial charge in [0.05, 0.1) is 17.2 Å². The molecule has 1 saturated heterocycles. The van der Waals surface area contributed by atoms with Crippen LogP contribution in [-0.2, 0) is 24.2 Å². The number of nitrogens with zero attached hydrogens (tertiary/aromatic N) is 2. The van der Waals surface area contributed by atoms with Crippen LogP contribution in [0.5, 0.6) is 0 Å². The lowest BCUT2D eigenvalue weighted by Gasteiger charge is -2.30. The third-order valence-electron chi connectivity index (χ3n) is 5.00. The number of hydrogen-bond acceptors (Lipinski definition) is 6. The zero-order chi connectivity index (χ0) is 21.0. The zero-order valence-electron chi connectivity index (χ0n) is 16.3. The molecule has 1 fully saturated rings. The minimum atomic E-state index is -3.07. The molecule has 0 spiro atoms. The summed E-state index contributed by atoms with van der Waals surface area (Å²) < 4.78 is 23.0. The van der Waals surface area contributed by atoms with Gasteiger partial charge in [0.15, 0.2) is 9.84 Å². The van der Waals surface area contributed by atoms with Crippen LogP contribution in [0.1, 0.15) is 19.8 Å². The first-order valence-electron chi connectivity index (χ1n) is 9.57. The minimum Gasteiger partial charge on any atom is -0.345 e. The van der Waals surface area contributed by atoms with Crippen LogP contribution in [0.3, 0.4) is 0 Å². The SMILES string of the molecule is CC(NC(=O)CCC(=O)N1CCSc2ccccc21)C(=O)N1CCS(=O)(=O)CC1. The van der Waals surface area contributed by atoms with Crippen molar-refractivity contribution >= 4 is 45.0 Å². The summed E-state index contributed by atoms with van der Waals surface area (Å²) in [7, 11) is -3.07. The summed E-state index contributed by atoms with van der Waals surface area (Å²) in [5.74, 6) is -0.0860. The van der Waals surface area contributed by atoms with Gasteiger partial charge in [-0.15, -0.1) is 11.8 Å². The predicted octanol–water partition coefficient (Wildman–Crippen LogP) is 0.667. The Morgan fingerprint density at radius 1 is 1.10 bits per heavy atom. The van der Waals surface area contributed by atoms with Crippen molar-refractivity contribution in [2.75, 3.05) is 41.8 Å². The van der Waals surface area contributed by atoms with Crippen molar-refractivity contribution in [1.82, 2.24) is 10.2 Å². The van der Waals surface area contributed by atoms with Gasteiger partial charge in [0.1, 0.15) is 6.04 Å². The topological polar surface area (TPSA) is 104 Å². The van der Waals surface area contributed by atoms with Gasteiger partial charge in [-0.05, 0) is 19.1 Å². The van der Waals surface area contributed by atoms with Crippen molar-refractivity contribution in [2.45, 2.75) is 30.7 Å². The molecule has 1 aromatic rings. The molecule has 3 rings (SSSR count). The molecule has 1 N–H and O–H groups in total. The summed E-state index contributed by atoms with van der Waals surface area (Å²) in [6.07, 6.45) is 0.0599. The number of carbonyl (C=O) groups excluding carboxylic acids is 3. The molecule has 0 bridgehead atoms. The Labute approximate surface area is 174 Å². The number of benzene rings is 1. The molecule has 10 heteroatoms. The maximum absolute atomic E-state index is 12.6. The lowest BCUT2D eigenvalue weighted by molar-refractivity contribution is -0.135. The quantitative estimate of drug-likeness (QED) is 0.723. The molecule has 0 saturated carbocycles. The highest BCUT2D eigenvalue weighted by molar-refractivity contribution is 7.99. The fourth-order valence-corrected chi connectivity index (χ4v) is 5.56. The van der Waals surface area contributed by atoms with Crippen LogP contribution >= 0.6 is 11.8 Å². The minimum absolute atomic E-state index is 0.00333. The first-order valence-corrected chi connectivity index (χ1v) is 12.4. The molecule has 2 aliphatic heterocycles. The molecule has 158 valence electrons. The van der Waals surface area contributed by atoms with E-state index >= 15 is 0 Å². The number of thioether (sulfide) groups is 1. The molecule has 3 amide bonds. The lowest BCUT2D eigenvalue weighted by atomic mass is 10.2. The van der Waals surface area contributed by atoms with E-state index < -0.39 is 15.9 Å². The number of hydrogen-bond donors (Lipinski definition) is 1. The molecule has 2 aliphatic rings. The normalized spacial score (nSPS) is 19.2. The summed E-state index contributed by atoms with van der Waals surface area (Å²) in [5.41, 5.74) is 0.873. The first kappa shape index (κ1) is 21.6. The van der Waals surface area contributed by atoms with Gasteiger partial charge in [0, 0.05) is 43.1 Å². The van der Waals surface area contributed by atoms with Gasteiger partial charge in [-0.1, -0.05) is 12.1 Å². The van der Waals surface area contributed by atoms with Gasteiger partial charge in [-0.25, -0.2) is 8.42 Å². The molecule has 0 radical (unpaired) electrons. The molecule has 0 aromatic heterocycles. The van der Waals surface area contributed by atoms with E-state index in [0.717, 1.165) is 16.3 Å². The maximum atomic E-state index is 12.6. The van der Waals surface area contributed by atoms with E-state index in [1.165, 1.54) is 4.90 Å². The molecule has 1 aromatic carbocycles. The van der Waals surface area contributed by atoms with E-state index in [2.05, 4.69) is 5.32 Å². The summed E-state index contributed by atoms with van der Waals surface area (Å²) in [5, 5.41) is 2.62. The van der Waals surface area contributed by atoms with Gasteiger partial charge in [0.25, 0.3) is 0 Å². The monoisotopic (exact) mass is 439 g/mol. The van der Waals surface area contributed by atoms with Gasteiger partial charge >= 0.3 is 0 Å². The largest absolute Gasteiger partial charge is 0.345 e. The fraction of sp³-hybridized carbons (Fsp3) is 0.526. The predicted molar refractivity (Wildman–Crippen MR) is 112 cm³/mol. The average Bonchev–Trinajstić information content (AvgIpc) is 2.71. The van der Waals surface area contributed by atoms with Crippen LogP contribution < -0.4 is 10.2 Å². The van der Waals surface area contributed by atoms with E-state index in [-0.39, 0.29) is 55.2 Å². The molecule has 1 atom stereocenters. The Bertz CT molecular complexity index is 889. The summed E-state index contributed by atoms with van der Waals surface area (Å²) in [6.45, 7) is 2.47. The second-order valence-electron chi connectivity index (χ2n) is 7.13. The van der Waals surface area contributed by atoms with E-state index in [1.54, 1.807) is 23.6 Å². The number of sulfone groups is 1. The molecular weight excluding hydrogens is 414 g/mol. The van der Waals surface area contributed by atoms with E-state index in [1.807, 2.05) is 24.3 Å². The van der Waals surface area contributed by atoms with Crippen LogP contribution in [0.15, 0.2) is 29.2 Å². The Morgan fingerprint density at radius 3 is 2.52 bits per heavy atom. The van der Waals surface area contributed by atoms with Crippen LogP contribution in [0, 0.1) is 0 Å². The van der Waals surface area contributed by atoms with Crippen LogP contribution in [0.4, 0.5) is 5.69 Å². The van der Waals surface area contributed by atoms with Crippen molar-refractivity contribution in [2.24, 2.45) is 0 Å². The number of rotatable bonds is 5. The molecule has 2 heterocycles. The zero-order valence-corrected chi connectivity index (χ0v) is 17.9. The standard InChI is InChI=1S/C19H25N3O5S2/c1-14(19(25)21-9-12-29(26,27)13-10-21)20-17(23)6-7-18(24)22-8-11-28-16-5-3-2-4-15(16)22/h2-5,14H,6-13H2,1H3,(H,20,23). The second-order valence-corrected chi connectivity index (χ2v) is 10.6. The number of carbonyl (C=O) groups is 3. The van der Waals surface area contributed by atoms with Crippen molar-refractivity contribution in [3.05, 3.63) is 24.3 Å². The highest BCUT2D eigenvalue weighted by Crippen LogP contribution is 2.34. The van der Waals surface area contributed by atoms with Gasteiger partial charge in [0.2, 0.25) is 17.7 Å².